The molecular weight excluding hydrogens is 222 g/mol. The molecule has 0 radical (unpaired) electrons. The quantitative estimate of drug-likeness (QED) is 0.825. The van der Waals surface area contributed by atoms with Gasteiger partial charge in [-0.05, 0) is 31.4 Å². The lowest BCUT2D eigenvalue weighted by molar-refractivity contribution is 0.361. The van der Waals surface area contributed by atoms with E-state index in [0.717, 1.165) is 13.0 Å². The van der Waals surface area contributed by atoms with Crippen LogP contribution in [-0.2, 0) is 12.0 Å². The third kappa shape index (κ3) is 2.45. The molecule has 1 aromatic heterocycles. The number of nitrogens with zero attached hydrogens (tertiary/aromatic N) is 3. The summed E-state index contributed by atoms with van der Waals surface area (Å²) < 4.78 is 1.92. The van der Waals surface area contributed by atoms with Gasteiger partial charge in [0, 0.05) is 5.41 Å². The van der Waals surface area contributed by atoms with Gasteiger partial charge >= 0.3 is 0 Å². The molecule has 0 saturated heterocycles. The van der Waals surface area contributed by atoms with Gasteiger partial charge in [0.1, 0.15) is 12.7 Å². The molecule has 2 rings (SSSR count). The smallest absolute Gasteiger partial charge is 0.137 e. The van der Waals surface area contributed by atoms with Crippen LogP contribution in [0.1, 0.15) is 37.0 Å². The van der Waals surface area contributed by atoms with Crippen LogP contribution in [0.5, 0.6) is 0 Å². The van der Waals surface area contributed by atoms with Crippen molar-refractivity contribution >= 4 is 0 Å². The summed E-state index contributed by atoms with van der Waals surface area (Å²) in [4.78, 5) is 4.03. The first-order valence-corrected chi connectivity index (χ1v) is 6.45. The van der Waals surface area contributed by atoms with Gasteiger partial charge in [0.05, 0.1) is 6.54 Å². The normalized spacial score (nSPS) is 14.4. The first kappa shape index (κ1) is 12.8. The van der Waals surface area contributed by atoms with E-state index < -0.39 is 0 Å². The van der Waals surface area contributed by atoms with E-state index in [2.05, 4.69) is 56.0 Å². The Morgan fingerprint density at radius 2 is 2.06 bits per heavy atom. The number of rotatable bonds is 4. The minimum absolute atomic E-state index is 0.101. The summed E-state index contributed by atoms with van der Waals surface area (Å²) >= 11 is 0. The Morgan fingerprint density at radius 3 is 2.67 bits per heavy atom. The second-order valence-corrected chi connectivity index (χ2v) is 5.33. The predicted octanol–water partition coefficient (Wildman–Crippen LogP) is 3.26. The van der Waals surface area contributed by atoms with Crippen LogP contribution < -0.4 is 0 Å². The van der Waals surface area contributed by atoms with Crippen molar-refractivity contribution in [2.24, 2.45) is 0 Å². The number of hydrogen-bond acceptors (Lipinski definition) is 2. The molecule has 0 amide bonds. The summed E-state index contributed by atoms with van der Waals surface area (Å²) in [6.45, 7) is 9.74. The van der Waals surface area contributed by atoms with Gasteiger partial charge in [-0.3, -0.25) is 4.68 Å². The Hall–Kier alpha value is -1.64. The van der Waals surface area contributed by atoms with Crippen LogP contribution in [-0.4, -0.2) is 14.8 Å². The molecule has 0 N–H and O–H groups in total. The molecule has 3 heteroatoms. The van der Waals surface area contributed by atoms with Crippen molar-refractivity contribution in [2.75, 3.05) is 0 Å². The molecule has 0 aliphatic heterocycles. The third-order valence-electron chi connectivity index (χ3n) is 3.80. The molecule has 1 atom stereocenters. The monoisotopic (exact) mass is 243 g/mol. The first-order chi connectivity index (χ1) is 8.55. The van der Waals surface area contributed by atoms with E-state index in [1.54, 1.807) is 12.7 Å². The largest absolute Gasteiger partial charge is 0.252 e. The van der Waals surface area contributed by atoms with Crippen LogP contribution in [0.2, 0.25) is 0 Å². The maximum absolute atomic E-state index is 4.23. The van der Waals surface area contributed by atoms with Gasteiger partial charge in [-0.15, -0.1) is 0 Å². The van der Waals surface area contributed by atoms with Crippen molar-refractivity contribution in [3.63, 3.8) is 0 Å². The average molecular weight is 243 g/mol. The minimum Gasteiger partial charge on any atom is -0.252 e. The summed E-state index contributed by atoms with van der Waals surface area (Å²) in [6, 6.07) is 6.68. The fourth-order valence-electron chi connectivity index (χ4n) is 2.45. The average Bonchev–Trinajstić information content (AvgIpc) is 2.84. The van der Waals surface area contributed by atoms with Crippen molar-refractivity contribution in [1.29, 1.82) is 0 Å². The maximum atomic E-state index is 4.23. The Morgan fingerprint density at radius 1 is 1.28 bits per heavy atom. The van der Waals surface area contributed by atoms with E-state index in [9.17, 15) is 0 Å². The number of benzene rings is 1. The zero-order valence-electron chi connectivity index (χ0n) is 11.6. The Balaban J connectivity index is 2.39. The highest BCUT2D eigenvalue weighted by atomic mass is 15.3. The SMILES string of the molecule is CC[C@](C)(Cn1cncn1)c1cc(C)ccc1C. The van der Waals surface area contributed by atoms with Crippen molar-refractivity contribution in [3.05, 3.63) is 47.5 Å². The molecule has 0 saturated carbocycles. The molecule has 1 aromatic carbocycles. The Labute approximate surface area is 109 Å². The van der Waals surface area contributed by atoms with Gasteiger partial charge < -0.3 is 0 Å². The summed E-state index contributed by atoms with van der Waals surface area (Å²) in [7, 11) is 0. The van der Waals surface area contributed by atoms with Gasteiger partial charge in [0.25, 0.3) is 0 Å². The van der Waals surface area contributed by atoms with Crippen LogP contribution in [0.3, 0.4) is 0 Å². The molecular formula is C15H21N3. The van der Waals surface area contributed by atoms with Crippen LogP contribution in [0.25, 0.3) is 0 Å². The molecule has 0 bridgehead atoms. The molecule has 0 spiro atoms. The van der Waals surface area contributed by atoms with E-state index in [1.165, 1.54) is 16.7 Å². The number of aryl methyl sites for hydroxylation is 2. The highest BCUT2D eigenvalue weighted by Crippen LogP contribution is 2.32. The Kier molecular flexibility index (Phi) is 3.50. The van der Waals surface area contributed by atoms with Gasteiger partial charge in [0.15, 0.2) is 0 Å². The van der Waals surface area contributed by atoms with Crippen LogP contribution >= 0.6 is 0 Å². The second-order valence-electron chi connectivity index (χ2n) is 5.33. The molecule has 18 heavy (non-hydrogen) atoms. The minimum atomic E-state index is 0.101. The lowest BCUT2D eigenvalue weighted by Gasteiger charge is -2.30. The first-order valence-electron chi connectivity index (χ1n) is 6.45. The molecule has 0 aliphatic carbocycles. The molecule has 96 valence electrons. The molecule has 0 aliphatic rings. The van der Waals surface area contributed by atoms with E-state index in [-0.39, 0.29) is 5.41 Å². The Bertz CT molecular complexity index is 517. The van der Waals surface area contributed by atoms with Gasteiger partial charge in [-0.2, -0.15) is 5.10 Å². The molecule has 1 heterocycles. The van der Waals surface area contributed by atoms with Crippen molar-refractivity contribution in [3.8, 4) is 0 Å². The van der Waals surface area contributed by atoms with Crippen molar-refractivity contribution in [1.82, 2.24) is 14.8 Å². The topological polar surface area (TPSA) is 30.7 Å². The standard InChI is InChI=1S/C15H21N3/c1-5-15(4,9-18-11-16-10-17-18)14-8-12(2)6-7-13(14)3/h6-8,10-11H,5,9H2,1-4H3/t15-/m1/s1. The van der Waals surface area contributed by atoms with Gasteiger partial charge in [-0.25, -0.2) is 4.98 Å². The van der Waals surface area contributed by atoms with E-state index in [4.69, 9.17) is 0 Å². The van der Waals surface area contributed by atoms with Crippen molar-refractivity contribution in [2.45, 2.75) is 46.1 Å². The summed E-state index contributed by atoms with van der Waals surface area (Å²) in [5, 5.41) is 4.23. The zero-order valence-corrected chi connectivity index (χ0v) is 11.6. The van der Waals surface area contributed by atoms with Crippen molar-refractivity contribution < 1.29 is 0 Å². The summed E-state index contributed by atoms with van der Waals surface area (Å²) in [5.74, 6) is 0. The van der Waals surface area contributed by atoms with Crippen LogP contribution in [0, 0.1) is 13.8 Å². The summed E-state index contributed by atoms with van der Waals surface area (Å²) in [5.41, 5.74) is 4.18. The fourth-order valence-corrected chi connectivity index (χ4v) is 2.45. The molecule has 0 unspecified atom stereocenters. The van der Waals surface area contributed by atoms with E-state index >= 15 is 0 Å². The molecule has 2 aromatic rings. The fraction of sp³-hybridized carbons (Fsp3) is 0.467. The molecule has 0 fully saturated rings. The third-order valence-corrected chi connectivity index (χ3v) is 3.80. The predicted molar refractivity (Wildman–Crippen MR) is 73.6 cm³/mol. The van der Waals surface area contributed by atoms with Crippen LogP contribution in [0.4, 0.5) is 0 Å². The van der Waals surface area contributed by atoms with E-state index in [0.29, 0.717) is 0 Å². The highest BCUT2D eigenvalue weighted by molar-refractivity contribution is 5.36. The number of hydrogen-bond donors (Lipinski definition) is 0. The van der Waals surface area contributed by atoms with E-state index in [1.807, 2.05) is 4.68 Å². The summed E-state index contributed by atoms with van der Waals surface area (Å²) in [6.07, 6.45) is 4.47. The zero-order chi connectivity index (χ0) is 13.2. The second kappa shape index (κ2) is 4.92. The lowest BCUT2D eigenvalue weighted by atomic mass is 9.77. The van der Waals surface area contributed by atoms with Gasteiger partial charge in [-0.1, -0.05) is 37.6 Å². The maximum Gasteiger partial charge on any atom is 0.137 e. The van der Waals surface area contributed by atoms with Gasteiger partial charge in [0.2, 0.25) is 0 Å². The highest BCUT2D eigenvalue weighted by Gasteiger charge is 2.27. The molecule has 3 nitrogen and oxygen atoms in total. The lowest BCUT2D eigenvalue weighted by Crippen LogP contribution is -2.28. The number of aromatic nitrogens is 3. The van der Waals surface area contributed by atoms with Crippen LogP contribution in [0.15, 0.2) is 30.9 Å².